The average Bonchev–Trinajstić information content (AvgIpc) is 2.89. The number of benzene rings is 1. The first-order chi connectivity index (χ1) is 8.50. The lowest BCUT2D eigenvalue weighted by Crippen LogP contribution is -2.11. The van der Waals surface area contributed by atoms with Crippen LogP contribution in [-0.4, -0.2) is 9.55 Å². The van der Waals surface area contributed by atoms with Gasteiger partial charge < -0.3 is 4.57 Å². The molecule has 1 saturated carbocycles. The predicted molar refractivity (Wildman–Crippen MR) is 76.4 cm³/mol. The van der Waals surface area contributed by atoms with Gasteiger partial charge in [-0.1, -0.05) is 24.6 Å². The summed E-state index contributed by atoms with van der Waals surface area (Å²) in [5.41, 5.74) is 2.36. The van der Waals surface area contributed by atoms with Crippen LogP contribution in [0.1, 0.15) is 37.9 Å². The van der Waals surface area contributed by atoms with Gasteiger partial charge in [0.1, 0.15) is 5.82 Å². The number of hydrogen-bond acceptors (Lipinski definition) is 1. The summed E-state index contributed by atoms with van der Waals surface area (Å²) in [5, 5.41) is 0.656. The van der Waals surface area contributed by atoms with Crippen molar-refractivity contribution < 1.29 is 0 Å². The van der Waals surface area contributed by atoms with E-state index in [0.717, 1.165) is 28.4 Å². The fraction of sp³-hybridized carbons (Fsp3) is 0.500. The van der Waals surface area contributed by atoms with E-state index >= 15 is 0 Å². The number of nitrogens with zero attached hydrogens (tertiary/aromatic N) is 2. The van der Waals surface area contributed by atoms with Gasteiger partial charge in [0.05, 0.1) is 21.4 Å². The van der Waals surface area contributed by atoms with Gasteiger partial charge in [-0.05, 0) is 37.3 Å². The molecule has 0 amide bonds. The molecule has 18 heavy (non-hydrogen) atoms. The number of imidazole rings is 1. The standard InChI is InChI=1S/C14H16Cl2N2/c1-9(15)13-17-11-5-3-4-10(16)12(11)18(13)8-14(2)6-7-14/h3-5,9H,6-8H2,1-2H3. The molecule has 1 aliphatic carbocycles. The van der Waals surface area contributed by atoms with Crippen molar-refractivity contribution in [1.29, 1.82) is 0 Å². The van der Waals surface area contributed by atoms with Crippen molar-refractivity contribution in [3.8, 4) is 0 Å². The molecule has 0 aliphatic heterocycles. The molecule has 1 unspecified atom stereocenters. The third-order valence-electron chi connectivity index (χ3n) is 3.75. The Morgan fingerprint density at radius 3 is 2.78 bits per heavy atom. The zero-order chi connectivity index (χ0) is 12.9. The number of fused-ring (bicyclic) bond motifs is 1. The van der Waals surface area contributed by atoms with E-state index in [0.29, 0.717) is 5.41 Å². The molecule has 2 aromatic rings. The summed E-state index contributed by atoms with van der Waals surface area (Å²) >= 11 is 12.6. The maximum Gasteiger partial charge on any atom is 0.127 e. The lowest BCUT2D eigenvalue weighted by Gasteiger charge is -2.15. The third kappa shape index (κ3) is 2.02. The van der Waals surface area contributed by atoms with Crippen molar-refractivity contribution >= 4 is 34.2 Å². The van der Waals surface area contributed by atoms with Crippen LogP contribution >= 0.6 is 23.2 Å². The summed E-state index contributed by atoms with van der Waals surface area (Å²) in [7, 11) is 0. The van der Waals surface area contributed by atoms with Crippen LogP contribution in [0.25, 0.3) is 11.0 Å². The predicted octanol–water partition coefficient (Wildman–Crippen LogP) is 4.79. The molecule has 1 aliphatic rings. The molecule has 1 aromatic heterocycles. The summed E-state index contributed by atoms with van der Waals surface area (Å²) in [6.07, 6.45) is 2.54. The molecule has 0 N–H and O–H groups in total. The van der Waals surface area contributed by atoms with E-state index < -0.39 is 0 Å². The molecule has 0 spiro atoms. The first kappa shape index (κ1) is 12.3. The second-order valence-corrected chi connectivity index (χ2v) is 6.65. The monoisotopic (exact) mass is 282 g/mol. The van der Waals surface area contributed by atoms with E-state index in [1.165, 1.54) is 12.8 Å². The second-order valence-electron chi connectivity index (χ2n) is 5.59. The topological polar surface area (TPSA) is 17.8 Å². The fourth-order valence-electron chi connectivity index (χ4n) is 2.38. The van der Waals surface area contributed by atoms with Crippen molar-refractivity contribution in [2.75, 3.05) is 0 Å². The Hall–Kier alpha value is -0.730. The molecule has 96 valence electrons. The van der Waals surface area contributed by atoms with Crippen LogP contribution in [0.3, 0.4) is 0 Å². The lowest BCUT2D eigenvalue weighted by atomic mass is 10.1. The minimum Gasteiger partial charge on any atom is -0.325 e. The third-order valence-corrected chi connectivity index (χ3v) is 4.25. The highest BCUT2D eigenvalue weighted by Gasteiger charge is 2.38. The fourth-order valence-corrected chi connectivity index (χ4v) is 2.81. The van der Waals surface area contributed by atoms with Gasteiger partial charge in [-0.25, -0.2) is 4.98 Å². The average molecular weight is 283 g/mol. The zero-order valence-electron chi connectivity index (χ0n) is 10.6. The summed E-state index contributed by atoms with van der Waals surface area (Å²) in [4.78, 5) is 4.63. The number of alkyl halides is 1. The summed E-state index contributed by atoms with van der Waals surface area (Å²) in [6.45, 7) is 5.22. The molecule has 4 heteroatoms. The molecule has 0 bridgehead atoms. The van der Waals surface area contributed by atoms with Gasteiger partial charge >= 0.3 is 0 Å². The van der Waals surface area contributed by atoms with Crippen LogP contribution < -0.4 is 0 Å². The molecule has 1 fully saturated rings. The van der Waals surface area contributed by atoms with Gasteiger partial charge in [-0.3, -0.25) is 0 Å². The minimum atomic E-state index is -0.101. The number of halogens is 2. The second kappa shape index (κ2) is 4.14. The highest BCUT2D eigenvalue weighted by Crippen LogP contribution is 2.47. The van der Waals surface area contributed by atoms with E-state index in [1.807, 2.05) is 25.1 Å². The SMILES string of the molecule is CC(Cl)c1nc2cccc(Cl)c2n1CC1(C)CC1. The van der Waals surface area contributed by atoms with Gasteiger partial charge in [-0.15, -0.1) is 11.6 Å². The maximum absolute atomic E-state index is 6.33. The first-order valence-electron chi connectivity index (χ1n) is 6.29. The van der Waals surface area contributed by atoms with Crippen LogP contribution in [0.15, 0.2) is 18.2 Å². The smallest absolute Gasteiger partial charge is 0.127 e. The molecule has 2 nitrogen and oxygen atoms in total. The molecular formula is C14H16Cl2N2. The van der Waals surface area contributed by atoms with Crippen LogP contribution in [0.5, 0.6) is 0 Å². The van der Waals surface area contributed by atoms with Crippen molar-refractivity contribution in [2.24, 2.45) is 5.41 Å². The van der Waals surface area contributed by atoms with E-state index in [1.54, 1.807) is 0 Å². The molecule has 0 saturated heterocycles. The largest absolute Gasteiger partial charge is 0.325 e. The molecule has 0 radical (unpaired) electrons. The highest BCUT2D eigenvalue weighted by molar-refractivity contribution is 6.35. The van der Waals surface area contributed by atoms with E-state index in [-0.39, 0.29) is 5.38 Å². The lowest BCUT2D eigenvalue weighted by molar-refractivity contribution is 0.461. The van der Waals surface area contributed by atoms with Gasteiger partial charge in [0, 0.05) is 6.54 Å². The van der Waals surface area contributed by atoms with Crippen LogP contribution in [0.2, 0.25) is 5.02 Å². The maximum atomic E-state index is 6.33. The number of rotatable bonds is 3. The summed E-state index contributed by atoms with van der Waals surface area (Å²) in [6, 6.07) is 5.85. The number of hydrogen-bond donors (Lipinski definition) is 0. The van der Waals surface area contributed by atoms with Crippen molar-refractivity contribution in [3.05, 3.63) is 29.0 Å². The molecule has 1 aromatic carbocycles. The summed E-state index contributed by atoms with van der Waals surface area (Å²) in [5.74, 6) is 0.924. The van der Waals surface area contributed by atoms with Gasteiger partial charge in [0.2, 0.25) is 0 Å². The van der Waals surface area contributed by atoms with Crippen LogP contribution in [0, 0.1) is 5.41 Å². The normalized spacial score (nSPS) is 19.1. The van der Waals surface area contributed by atoms with E-state index in [4.69, 9.17) is 23.2 Å². The van der Waals surface area contributed by atoms with Crippen molar-refractivity contribution in [2.45, 2.75) is 38.6 Å². The van der Waals surface area contributed by atoms with Gasteiger partial charge in [-0.2, -0.15) is 0 Å². The van der Waals surface area contributed by atoms with Gasteiger partial charge in [0.25, 0.3) is 0 Å². The Morgan fingerprint density at radius 1 is 1.44 bits per heavy atom. The molecule has 1 heterocycles. The minimum absolute atomic E-state index is 0.101. The Kier molecular flexibility index (Phi) is 2.83. The molecule has 1 atom stereocenters. The highest BCUT2D eigenvalue weighted by atomic mass is 35.5. The Balaban J connectivity index is 2.20. The molecular weight excluding hydrogens is 267 g/mol. The first-order valence-corrected chi connectivity index (χ1v) is 7.10. The van der Waals surface area contributed by atoms with E-state index in [2.05, 4.69) is 16.5 Å². The quantitative estimate of drug-likeness (QED) is 0.740. The Bertz CT molecular complexity index is 597. The van der Waals surface area contributed by atoms with Crippen LogP contribution in [0.4, 0.5) is 0 Å². The van der Waals surface area contributed by atoms with E-state index in [9.17, 15) is 0 Å². The Morgan fingerprint density at radius 2 is 2.17 bits per heavy atom. The molecule has 3 rings (SSSR count). The van der Waals surface area contributed by atoms with Crippen LogP contribution in [-0.2, 0) is 6.54 Å². The number of para-hydroxylation sites is 1. The Labute approximate surface area is 117 Å². The number of aromatic nitrogens is 2. The van der Waals surface area contributed by atoms with Crippen molar-refractivity contribution in [1.82, 2.24) is 9.55 Å². The zero-order valence-corrected chi connectivity index (χ0v) is 12.1. The van der Waals surface area contributed by atoms with Gasteiger partial charge in [0.15, 0.2) is 0 Å². The van der Waals surface area contributed by atoms with Crippen molar-refractivity contribution in [3.63, 3.8) is 0 Å². The summed E-state index contributed by atoms with van der Waals surface area (Å²) < 4.78 is 2.21.